The summed E-state index contributed by atoms with van der Waals surface area (Å²) in [6, 6.07) is 0. The Hall–Kier alpha value is -0.200. The summed E-state index contributed by atoms with van der Waals surface area (Å²) >= 11 is 5.62. The van der Waals surface area contributed by atoms with E-state index >= 15 is 0 Å². The highest BCUT2D eigenvalue weighted by atomic mass is 35.5. The van der Waals surface area contributed by atoms with E-state index in [0.717, 1.165) is 50.7 Å². The van der Waals surface area contributed by atoms with Crippen LogP contribution in [0.1, 0.15) is 65.2 Å². The summed E-state index contributed by atoms with van der Waals surface area (Å²) in [5.74, 6) is 1.58. The fourth-order valence-electron chi connectivity index (χ4n) is 2.42. The Kier molecular flexibility index (Phi) is 21.9. The lowest BCUT2D eigenvalue weighted by Gasteiger charge is -2.07. The summed E-state index contributed by atoms with van der Waals surface area (Å²) in [6.07, 6.45) is 7.99. The van der Waals surface area contributed by atoms with Crippen LogP contribution in [0.15, 0.2) is 0 Å². The van der Waals surface area contributed by atoms with Gasteiger partial charge >= 0.3 is 0 Å². The van der Waals surface area contributed by atoms with Crippen LogP contribution in [-0.2, 0) is 23.7 Å². The fourth-order valence-corrected chi connectivity index (χ4v) is 2.61. The van der Waals surface area contributed by atoms with Crippen LogP contribution in [0.25, 0.3) is 0 Å². The molecule has 0 saturated heterocycles. The molecular formula is C21H41ClO5. The molecule has 0 aromatic rings. The van der Waals surface area contributed by atoms with Gasteiger partial charge in [0.2, 0.25) is 0 Å². The van der Waals surface area contributed by atoms with Gasteiger partial charge in [0, 0.05) is 32.1 Å². The molecule has 0 amide bonds. The van der Waals surface area contributed by atoms with Crippen LogP contribution in [0.2, 0.25) is 0 Å². The van der Waals surface area contributed by atoms with Gasteiger partial charge in [0.15, 0.2) is 5.78 Å². The third kappa shape index (κ3) is 23.8. The molecule has 162 valence electrons. The molecule has 5 nitrogen and oxygen atoms in total. The molecule has 0 aromatic heterocycles. The number of Topliss-reactive ketones (excluding diaryl/α,β-unsaturated/α-hetero) is 1. The van der Waals surface area contributed by atoms with Gasteiger partial charge in [-0.3, -0.25) is 4.79 Å². The standard InChI is InChI=1S/C21H41ClO5/c1-20(2)9-7-13-25-17-18-27-19-21(23)10-8-14-26-16-15-24-12-6-4-3-5-11-22/h20H,3-19H2,1-2H3. The lowest BCUT2D eigenvalue weighted by Crippen LogP contribution is -2.13. The van der Waals surface area contributed by atoms with Crippen LogP contribution < -0.4 is 0 Å². The third-order valence-corrected chi connectivity index (χ3v) is 4.26. The van der Waals surface area contributed by atoms with Crippen molar-refractivity contribution in [1.82, 2.24) is 0 Å². The van der Waals surface area contributed by atoms with Crippen molar-refractivity contribution in [2.24, 2.45) is 5.92 Å². The number of carbonyl (C=O) groups is 1. The van der Waals surface area contributed by atoms with Gasteiger partial charge in [-0.1, -0.05) is 26.7 Å². The Morgan fingerprint density at radius 3 is 1.89 bits per heavy atom. The Labute approximate surface area is 171 Å². The lowest BCUT2D eigenvalue weighted by molar-refractivity contribution is -0.124. The summed E-state index contributed by atoms with van der Waals surface area (Å²) in [7, 11) is 0. The zero-order valence-corrected chi connectivity index (χ0v) is 18.3. The van der Waals surface area contributed by atoms with E-state index in [1.165, 1.54) is 19.3 Å². The topological polar surface area (TPSA) is 54.0 Å². The zero-order chi connectivity index (χ0) is 20.0. The molecule has 0 atom stereocenters. The van der Waals surface area contributed by atoms with Crippen molar-refractivity contribution in [3.8, 4) is 0 Å². The number of ketones is 1. The molecular weight excluding hydrogens is 368 g/mol. The maximum absolute atomic E-state index is 11.7. The van der Waals surface area contributed by atoms with E-state index in [0.29, 0.717) is 39.5 Å². The number of unbranched alkanes of at least 4 members (excludes halogenated alkanes) is 3. The molecule has 0 heterocycles. The average Bonchev–Trinajstić information content (AvgIpc) is 2.64. The van der Waals surface area contributed by atoms with Crippen molar-refractivity contribution in [1.29, 1.82) is 0 Å². The normalized spacial score (nSPS) is 11.4. The van der Waals surface area contributed by atoms with Crippen LogP contribution in [-0.4, -0.2) is 64.5 Å². The highest BCUT2D eigenvalue weighted by Crippen LogP contribution is 2.03. The molecule has 0 saturated carbocycles. The highest BCUT2D eigenvalue weighted by Gasteiger charge is 2.02. The van der Waals surface area contributed by atoms with Crippen LogP contribution in [0, 0.1) is 5.92 Å². The van der Waals surface area contributed by atoms with Crippen LogP contribution >= 0.6 is 11.6 Å². The predicted molar refractivity (Wildman–Crippen MR) is 111 cm³/mol. The summed E-state index contributed by atoms with van der Waals surface area (Å²) in [6.45, 7) is 8.96. The van der Waals surface area contributed by atoms with Crippen molar-refractivity contribution >= 4 is 17.4 Å². The molecule has 0 spiro atoms. The second kappa shape index (κ2) is 22.1. The Balaban J connectivity index is 3.15. The number of hydrogen-bond acceptors (Lipinski definition) is 5. The minimum Gasteiger partial charge on any atom is -0.379 e. The van der Waals surface area contributed by atoms with E-state index in [4.69, 9.17) is 30.5 Å². The molecule has 0 fully saturated rings. The monoisotopic (exact) mass is 408 g/mol. The first-order chi connectivity index (χ1) is 13.2. The van der Waals surface area contributed by atoms with Crippen molar-refractivity contribution in [3.63, 3.8) is 0 Å². The molecule has 0 aliphatic carbocycles. The number of rotatable bonds is 22. The van der Waals surface area contributed by atoms with Gasteiger partial charge in [-0.05, 0) is 38.0 Å². The minimum atomic E-state index is 0.117. The SMILES string of the molecule is CC(C)CCCOCCOCC(=O)CCCOCCOCCCCCCCl. The predicted octanol–water partition coefficient (Wildman–Crippen LogP) is 4.64. The fraction of sp³-hybridized carbons (Fsp3) is 0.952. The molecule has 0 unspecified atom stereocenters. The van der Waals surface area contributed by atoms with Crippen LogP contribution in [0.3, 0.4) is 0 Å². The van der Waals surface area contributed by atoms with Crippen LogP contribution in [0.4, 0.5) is 0 Å². The number of carbonyl (C=O) groups excluding carboxylic acids is 1. The summed E-state index contributed by atoms with van der Waals surface area (Å²) < 4.78 is 21.8. The number of ether oxygens (including phenoxy) is 4. The molecule has 0 bridgehead atoms. The van der Waals surface area contributed by atoms with E-state index in [9.17, 15) is 4.79 Å². The molecule has 0 aliphatic rings. The number of hydrogen-bond donors (Lipinski definition) is 0. The Morgan fingerprint density at radius 1 is 0.704 bits per heavy atom. The number of alkyl halides is 1. The minimum absolute atomic E-state index is 0.117. The quantitative estimate of drug-likeness (QED) is 0.193. The number of halogens is 1. The summed E-state index contributed by atoms with van der Waals surface area (Å²) in [5.41, 5.74) is 0. The second-order valence-corrected chi connectivity index (χ2v) is 7.55. The van der Waals surface area contributed by atoms with Gasteiger partial charge in [-0.25, -0.2) is 0 Å². The van der Waals surface area contributed by atoms with Crippen molar-refractivity contribution in [3.05, 3.63) is 0 Å². The van der Waals surface area contributed by atoms with E-state index in [1.54, 1.807) is 0 Å². The van der Waals surface area contributed by atoms with Gasteiger partial charge in [-0.15, -0.1) is 11.6 Å². The van der Waals surface area contributed by atoms with E-state index in [2.05, 4.69) is 13.8 Å². The maximum Gasteiger partial charge on any atom is 0.158 e. The maximum atomic E-state index is 11.7. The Morgan fingerprint density at radius 2 is 1.26 bits per heavy atom. The average molecular weight is 409 g/mol. The second-order valence-electron chi connectivity index (χ2n) is 7.17. The molecule has 0 aliphatic heterocycles. The van der Waals surface area contributed by atoms with Gasteiger partial charge in [0.1, 0.15) is 6.61 Å². The largest absolute Gasteiger partial charge is 0.379 e. The first kappa shape index (κ1) is 26.8. The first-order valence-electron chi connectivity index (χ1n) is 10.6. The van der Waals surface area contributed by atoms with Gasteiger partial charge in [0.05, 0.1) is 26.4 Å². The molecule has 27 heavy (non-hydrogen) atoms. The first-order valence-corrected chi connectivity index (χ1v) is 11.1. The van der Waals surface area contributed by atoms with E-state index in [-0.39, 0.29) is 12.4 Å². The van der Waals surface area contributed by atoms with Crippen molar-refractivity contribution in [2.45, 2.75) is 65.2 Å². The zero-order valence-electron chi connectivity index (χ0n) is 17.5. The third-order valence-electron chi connectivity index (χ3n) is 3.99. The van der Waals surface area contributed by atoms with Gasteiger partial charge in [0.25, 0.3) is 0 Å². The van der Waals surface area contributed by atoms with Crippen molar-refractivity contribution < 1.29 is 23.7 Å². The van der Waals surface area contributed by atoms with Gasteiger partial charge in [-0.2, -0.15) is 0 Å². The molecule has 0 N–H and O–H groups in total. The summed E-state index contributed by atoms with van der Waals surface area (Å²) in [4.78, 5) is 11.7. The van der Waals surface area contributed by atoms with Crippen LogP contribution in [0.5, 0.6) is 0 Å². The molecule has 0 radical (unpaired) electrons. The molecule has 0 rings (SSSR count). The van der Waals surface area contributed by atoms with E-state index in [1.807, 2.05) is 0 Å². The molecule has 6 heteroatoms. The van der Waals surface area contributed by atoms with E-state index < -0.39 is 0 Å². The smallest absolute Gasteiger partial charge is 0.158 e. The summed E-state index contributed by atoms with van der Waals surface area (Å²) in [5, 5.41) is 0. The lowest BCUT2D eigenvalue weighted by atomic mass is 10.1. The Bertz CT molecular complexity index is 313. The van der Waals surface area contributed by atoms with Crippen molar-refractivity contribution in [2.75, 3.05) is 58.7 Å². The van der Waals surface area contributed by atoms with Gasteiger partial charge < -0.3 is 18.9 Å². The molecule has 0 aromatic carbocycles. The highest BCUT2D eigenvalue weighted by molar-refractivity contribution is 6.17.